The Kier molecular flexibility index (Phi) is 9.95. The van der Waals surface area contributed by atoms with E-state index in [0.717, 1.165) is 0 Å². The summed E-state index contributed by atoms with van der Waals surface area (Å²) in [7, 11) is 1.35. The van der Waals surface area contributed by atoms with E-state index in [1.807, 2.05) is 6.92 Å². The van der Waals surface area contributed by atoms with E-state index in [1.54, 1.807) is 0 Å². The molecule has 0 radical (unpaired) electrons. The van der Waals surface area contributed by atoms with Gasteiger partial charge in [-0.25, -0.2) is 0 Å². The van der Waals surface area contributed by atoms with Crippen molar-refractivity contribution < 1.29 is 19.4 Å². The van der Waals surface area contributed by atoms with Gasteiger partial charge in [-0.2, -0.15) is 0 Å². The summed E-state index contributed by atoms with van der Waals surface area (Å²) in [6, 6.07) is 0. The number of carbonyl (C=O) groups is 2. The number of ether oxygens (including phenoxy) is 1. The van der Waals surface area contributed by atoms with Gasteiger partial charge in [-0.05, 0) is 12.8 Å². The molecule has 0 aliphatic carbocycles. The summed E-state index contributed by atoms with van der Waals surface area (Å²) < 4.78 is 4.48. The van der Waals surface area contributed by atoms with Crippen LogP contribution in [0.15, 0.2) is 0 Å². The molecule has 0 aromatic heterocycles. The minimum absolute atomic E-state index is 0.0374. The smallest absolute Gasteiger partial charge is 0.305 e. The van der Waals surface area contributed by atoms with Crippen LogP contribution in [0, 0.1) is 0 Å². The number of aliphatic hydroxyl groups excluding tert-OH is 1. The van der Waals surface area contributed by atoms with Gasteiger partial charge in [0.05, 0.1) is 12.9 Å². The van der Waals surface area contributed by atoms with Gasteiger partial charge in [0, 0.05) is 24.8 Å². The lowest BCUT2D eigenvalue weighted by Crippen LogP contribution is -2.27. The summed E-state index contributed by atoms with van der Waals surface area (Å²) in [4.78, 5) is 22.1. The normalized spacial score (nSPS) is 11.9. The first-order valence-electron chi connectivity index (χ1n) is 5.66. The summed E-state index contributed by atoms with van der Waals surface area (Å²) in [6.07, 6.45) is 1.61. The summed E-state index contributed by atoms with van der Waals surface area (Å²) >= 11 is 1.51. The number of aliphatic hydroxyl groups is 1. The molecule has 0 saturated heterocycles. The molecule has 5 nitrogen and oxygen atoms in total. The number of esters is 1. The first-order valence-corrected chi connectivity index (χ1v) is 6.71. The van der Waals surface area contributed by atoms with E-state index in [2.05, 4.69) is 10.1 Å². The van der Waals surface area contributed by atoms with E-state index in [0.29, 0.717) is 31.6 Å². The first kappa shape index (κ1) is 16.2. The molecule has 0 heterocycles. The Hall–Kier alpha value is -0.750. The lowest BCUT2D eigenvalue weighted by atomic mass is 10.3. The predicted octanol–water partition coefficient (Wildman–Crippen LogP) is 0.560. The third-order valence-electron chi connectivity index (χ3n) is 2.14. The van der Waals surface area contributed by atoms with Crippen LogP contribution in [0.25, 0.3) is 0 Å². The van der Waals surface area contributed by atoms with E-state index in [4.69, 9.17) is 5.11 Å². The molecular formula is C11H21NO4S. The molecule has 0 aliphatic heterocycles. The standard InChI is InChI=1S/C11H21NO4S/c1-9(5-7-13)17-8-10(14)12-6-3-4-11(15)16-2/h9,13H,3-8H2,1-2H3,(H,12,14). The van der Waals surface area contributed by atoms with Crippen molar-refractivity contribution in [2.45, 2.75) is 31.4 Å². The average Bonchev–Trinajstić information content (AvgIpc) is 2.32. The van der Waals surface area contributed by atoms with Crippen molar-refractivity contribution in [2.75, 3.05) is 26.0 Å². The van der Waals surface area contributed by atoms with Gasteiger partial charge in [-0.3, -0.25) is 9.59 Å². The van der Waals surface area contributed by atoms with Gasteiger partial charge in [0.2, 0.25) is 5.91 Å². The van der Waals surface area contributed by atoms with Gasteiger partial charge in [-0.15, -0.1) is 11.8 Å². The van der Waals surface area contributed by atoms with Crippen LogP contribution in [-0.4, -0.2) is 48.2 Å². The molecule has 0 bridgehead atoms. The Morgan fingerprint density at radius 2 is 2.18 bits per heavy atom. The average molecular weight is 263 g/mol. The van der Waals surface area contributed by atoms with Crippen LogP contribution in [0.1, 0.15) is 26.2 Å². The highest BCUT2D eigenvalue weighted by atomic mass is 32.2. The molecule has 6 heteroatoms. The molecule has 0 fully saturated rings. The molecular weight excluding hydrogens is 242 g/mol. The molecule has 0 aromatic carbocycles. The Bertz CT molecular complexity index is 236. The highest BCUT2D eigenvalue weighted by Crippen LogP contribution is 2.12. The lowest BCUT2D eigenvalue weighted by molar-refractivity contribution is -0.140. The fourth-order valence-electron chi connectivity index (χ4n) is 1.10. The van der Waals surface area contributed by atoms with Gasteiger partial charge in [0.25, 0.3) is 0 Å². The fraction of sp³-hybridized carbons (Fsp3) is 0.818. The van der Waals surface area contributed by atoms with Crippen LogP contribution in [0.5, 0.6) is 0 Å². The van der Waals surface area contributed by atoms with Crippen LogP contribution in [-0.2, 0) is 14.3 Å². The van der Waals surface area contributed by atoms with Crippen LogP contribution in [0.3, 0.4) is 0 Å². The van der Waals surface area contributed by atoms with Gasteiger partial charge < -0.3 is 15.2 Å². The lowest BCUT2D eigenvalue weighted by Gasteiger charge is -2.09. The van der Waals surface area contributed by atoms with Gasteiger partial charge >= 0.3 is 5.97 Å². The van der Waals surface area contributed by atoms with Crippen molar-refractivity contribution in [3.05, 3.63) is 0 Å². The molecule has 0 spiro atoms. The van der Waals surface area contributed by atoms with Crippen molar-refractivity contribution in [3.8, 4) is 0 Å². The Labute approximate surface area is 106 Å². The number of nitrogens with one attached hydrogen (secondary N) is 1. The third-order valence-corrected chi connectivity index (χ3v) is 3.38. The van der Waals surface area contributed by atoms with E-state index in [1.165, 1.54) is 18.9 Å². The zero-order valence-electron chi connectivity index (χ0n) is 10.4. The highest BCUT2D eigenvalue weighted by molar-refractivity contribution is 8.00. The summed E-state index contributed by atoms with van der Waals surface area (Å²) in [6.45, 7) is 2.61. The monoisotopic (exact) mass is 263 g/mol. The van der Waals surface area contributed by atoms with Crippen molar-refractivity contribution in [1.29, 1.82) is 0 Å². The molecule has 0 aromatic rings. The maximum atomic E-state index is 11.4. The second-order valence-corrected chi connectivity index (χ2v) is 5.09. The van der Waals surface area contributed by atoms with Gasteiger partial charge in [0.1, 0.15) is 0 Å². The quantitative estimate of drug-likeness (QED) is 0.469. The number of hydrogen-bond acceptors (Lipinski definition) is 5. The molecule has 1 atom stereocenters. The molecule has 0 saturated carbocycles. The zero-order chi connectivity index (χ0) is 13.1. The minimum Gasteiger partial charge on any atom is -0.469 e. The van der Waals surface area contributed by atoms with Crippen molar-refractivity contribution in [3.63, 3.8) is 0 Å². The number of carbonyl (C=O) groups excluding carboxylic acids is 2. The van der Waals surface area contributed by atoms with Crippen molar-refractivity contribution in [1.82, 2.24) is 5.32 Å². The molecule has 100 valence electrons. The first-order chi connectivity index (χ1) is 8.10. The van der Waals surface area contributed by atoms with Gasteiger partial charge in [-0.1, -0.05) is 6.92 Å². The van der Waals surface area contributed by atoms with Crippen molar-refractivity contribution in [2.24, 2.45) is 0 Å². The molecule has 0 rings (SSSR count). The van der Waals surface area contributed by atoms with Gasteiger partial charge in [0.15, 0.2) is 0 Å². The SMILES string of the molecule is COC(=O)CCCNC(=O)CSC(C)CCO. The number of amides is 1. The Balaban J connectivity index is 3.43. The second-order valence-electron chi connectivity index (χ2n) is 3.66. The maximum absolute atomic E-state index is 11.4. The third kappa shape index (κ3) is 10.1. The summed E-state index contributed by atoms with van der Waals surface area (Å²) in [5, 5.41) is 11.7. The second kappa shape index (κ2) is 10.4. The number of rotatable bonds is 9. The summed E-state index contributed by atoms with van der Waals surface area (Å²) in [5.41, 5.74) is 0. The van der Waals surface area contributed by atoms with E-state index < -0.39 is 0 Å². The molecule has 2 N–H and O–H groups in total. The number of hydrogen-bond donors (Lipinski definition) is 2. The molecule has 17 heavy (non-hydrogen) atoms. The minimum atomic E-state index is -0.259. The zero-order valence-corrected chi connectivity index (χ0v) is 11.2. The molecule has 1 unspecified atom stereocenters. The predicted molar refractivity (Wildman–Crippen MR) is 67.9 cm³/mol. The number of methoxy groups -OCH3 is 1. The highest BCUT2D eigenvalue weighted by Gasteiger charge is 2.06. The topological polar surface area (TPSA) is 75.6 Å². The Morgan fingerprint density at radius 1 is 1.47 bits per heavy atom. The van der Waals surface area contributed by atoms with Crippen LogP contribution in [0.2, 0.25) is 0 Å². The molecule has 0 aliphatic rings. The number of thioether (sulfide) groups is 1. The van der Waals surface area contributed by atoms with Crippen LogP contribution < -0.4 is 5.32 Å². The molecule has 1 amide bonds. The Morgan fingerprint density at radius 3 is 2.76 bits per heavy atom. The van der Waals surface area contributed by atoms with Crippen LogP contribution >= 0.6 is 11.8 Å². The maximum Gasteiger partial charge on any atom is 0.305 e. The van der Waals surface area contributed by atoms with Crippen molar-refractivity contribution >= 4 is 23.6 Å². The van der Waals surface area contributed by atoms with E-state index >= 15 is 0 Å². The van der Waals surface area contributed by atoms with E-state index in [9.17, 15) is 9.59 Å². The largest absolute Gasteiger partial charge is 0.469 e. The van der Waals surface area contributed by atoms with Crippen LogP contribution in [0.4, 0.5) is 0 Å². The summed E-state index contributed by atoms with van der Waals surface area (Å²) in [5.74, 6) is 0.0918. The van der Waals surface area contributed by atoms with E-state index in [-0.39, 0.29) is 23.7 Å². The fourth-order valence-corrected chi connectivity index (χ4v) is 1.91.